The Kier molecular flexibility index (Phi) is 2.41. The molecular weight excluding hydrogens is 208 g/mol. The van der Waals surface area contributed by atoms with Crippen LogP contribution in [0.25, 0.3) is 16.8 Å². The van der Waals surface area contributed by atoms with E-state index in [1.807, 2.05) is 12.3 Å². The average molecular weight is 222 g/mol. The monoisotopic (exact) mass is 222 g/mol. The zero-order valence-corrected chi connectivity index (χ0v) is 9.80. The number of nitrogens with zero attached hydrogens (tertiary/aromatic N) is 2. The first-order chi connectivity index (χ1) is 8.38. The standard InChI is InChI=1S/C15H14N2/c1-2-12-6-3-4-8-14(12)15-11-17-9-5-7-13(17)10-16-15/h3-11H,2H2,1H3. The minimum Gasteiger partial charge on any atom is -0.320 e. The van der Waals surface area contributed by atoms with Gasteiger partial charge in [-0.15, -0.1) is 0 Å². The van der Waals surface area contributed by atoms with Gasteiger partial charge in [0.15, 0.2) is 0 Å². The van der Waals surface area contributed by atoms with Gasteiger partial charge in [0.1, 0.15) is 0 Å². The van der Waals surface area contributed by atoms with E-state index in [0.717, 1.165) is 17.6 Å². The Morgan fingerprint density at radius 2 is 2.00 bits per heavy atom. The van der Waals surface area contributed by atoms with Gasteiger partial charge in [-0.05, 0) is 24.1 Å². The van der Waals surface area contributed by atoms with Crippen LogP contribution >= 0.6 is 0 Å². The van der Waals surface area contributed by atoms with E-state index < -0.39 is 0 Å². The molecule has 0 saturated carbocycles. The summed E-state index contributed by atoms with van der Waals surface area (Å²) in [5.41, 5.74) is 4.73. The van der Waals surface area contributed by atoms with E-state index in [0.29, 0.717) is 0 Å². The molecule has 0 atom stereocenters. The molecule has 2 aromatic heterocycles. The molecule has 84 valence electrons. The normalized spacial score (nSPS) is 10.9. The second-order valence-corrected chi connectivity index (χ2v) is 4.12. The summed E-state index contributed by atoms with van der Waals surface area (Å²) in [4.78, 5) is 4.54. The third-order valence-corrected chi connectivity index (χ3v) is 3.08. The van der Waals surface area contributed by atoms with E-state index >= 15 is 0 Å². The van der Waals surface area contributed by atoms with E-state index in [9.17, 15) is 0 Å². The predicted molar refractivity (Wildman–Crippen MR) is 70.0 cm³/mol. The van der Waals surface area contributed by atoms with Gasteiger partial charge in [0, 0.05) is 18.0 Å². The summed E-state index contributed by atoms with van der Waals surface area (Å²) in [5, 5.41) is 0. The van der Waals surface area contributed by atoms with Gasteiger partial charge < -0.3 is 4.40 Å². The fourth-order valence-corrected chi connectivity index (χ4v) is 2.15. The van der Waals surface area contributed by atoms with Gasteiger partial charge in [-0.2, -0.15) is 0 Å². The molecule has 0 saturated heterocycles. The minimum absolute atomic E-state index is 1.03. The van der Waals surface area contributed by atoms with Gasteiger partial charge >= 0.3 is 0 Å². The van der Waals surface area contributed by atoms with Gasteiger partial charge in [-0.1, -0.05) is 31.2 Å². The maximum absolute atomic E-state index is 4.54. The van der Waals surface area contributed by atoms with E-state index in [1.165, 1.54) is 11.1 Å². The van der Waals surface area contributed by atoms with Crippen molar-refractivity contribution >= 4 is 5.52 Å². The van der Waals surface area contributed by atoms with Crippen LogP contribution in [0.1, 0.15) is 12.5 Å². The van der Waals surface area contributed by atoms with Crippen LogP contribution in [0.15, 0.2) is 55.0 Å². The predicted octanol–water partition coefficient (Wildman–Crippen LogP) is 3.56. The largest absolute Gasteiger partial charge is 0.320 e. The van der Waals surface area contributed by atoms with Crippen LogP contribution in [0, 0.1) is 0 Å². The molecule has 0 amide bonds. The van der Waals surface area contributed by atoms with Crippen molar-refractivity contribution in [2.45, 2.75) is 13.3 Å². The average Bonchev–Trinajstić information content (AvgIpc) is 2.85. The van der Waals surface area contributed by atoms with Gasteiger partial charge in [0.2, 0.25) is 0 Å². The van der Waals surface area contributed by atoms with Crippen molar-refractivity contribution in [3.63, 3.8) is 0 Å². The first-order valence-corrected chi connectivity index (χ1v) is 5.89. The molecule has 0 fully saturated rings. The van der Waals surface area contributed by atoms with E-state index in [1.54, 1.807) is 0 Å². The number of aryl methyl sites for hydroxylation is 1. The van der Waals surface area contributed by atoms with Crippen molar-refractivity contribution in [3.05, 3.63) is 60.6 Å². The van der Waals surface area contributed by atoms with Gasteiger partial charge in [-0.3, -0.25) is 4.98 Å². The van der Waals surface area contributed by atoms with Crippen molar-refractivity contribution in [2.75, 3.05) is 0 Å². The fraction of sp³-hybridized carbons (Fsp3) is 0.133. The summed E-state index contributed by atoms with van der Waals surface area (Å²) in [5.74, 6) is 0. The van der Waals surface area contributed by atoms with E-state index in [-0.39, 0.29) is 0 Å². The maximum Gasteiger partial charge on any atom is 0.0871 e. The lowest BCUT2D eigenvalue weighted by Gasteiger charge is -2.07. The van der Waals surface area contributed by atoms with Gasteiger partial charge in [-0.25, -0.2) is 0 Å². The zero-order chi connectivity index (χ0) is 11.7. The Labute approximate surface area is 101 Å². The number of benzene rings is 1. The van der Waals surface area contributed by atoms with E-state index in [2.05, 4.69) is 59.0 Å². The zero-order valence-electron chi connectivity index (χ0n) is 9.80. The summed E-state index contributed by atoms with van der Waals surface area (Å²) in [6.45, 7) is 2.17. The van der Waals surface area contributed by atoms with Crippen LogP contribution in [0.3, 0.4) is 0 Å². The molecule has 0 bridgehead atoms. The number of rotatable bonds is 2. The van der Waals surface area contributed by atoms with Crippen molar-refractivity contribution in [2.24, 2.45) is 0 Å². The first kappa shape index (κ1) is 10.1. The molecule has 0 spiro atoms. The van der Waals surface area contributed by atoms with Crippen LogP contribution in [-0.2, 0) is 6.42 Å². The smallest absolute Gasteiger partial charge is 0.0871 e. The van der Waals surface area contributed by atoms with Gasteiger partial charge in [0.25, 0.3) is 0 Å². The van der Waals surface area contributed by atoms with Crippen LogP contribution < -0.4 is 0 Å². The molecular formula is C15H14N2. The number of aromatic nitrogens is 2. The Morgan fingerprint density at radius 3 is 2.88 bits per heavy atom. The molecule has 0 unspecified atom stereocenters. The second-order valence-electron chi connectivity index (χ2n) is 4.12. The fourth-order valence-electron chi connectivity index (χ4n) is 2.15. The Bertz CT molecular complexity index is 653. The molecule has 0 aliphatic heterocycles. The van der Waals surface area contributed by atoms with Crippen molar-refractivity contribution in [1.29, 1.82) is 0 Å². The lowest BCUT2D eigenvalue weighted by atomic mass is 10.0. The highest BCUT2D eigenvalue weighted by molar-refractivity contribution is 5.64. The van der Waals surface area contributed by atoms with Crippen LogP contribution in [0.5, 0.6) is 0 Å². The van der Waals surface area contributed by atoms with Crippen molar-refractivity contribution in [1.82, 2.24) is 9.38 Å². The second kappa shape index (κ2) is 4.06. The summed E-state index contributed by atoms with van der Waals surface area (Å²) < 4.78 is 2.11. The van der Waals surface area contributed by atoms with Crippen molar-refractivity contribution in [3.8, 4) is 11.3 Å². The molecule has 0 aliphatic rings. The minimum atomic E-state index is 1.03. The molecule has 17 heavy (non-hydrogen) atoms. The lowest BCUT2D eigenvalue weighted by molar-refractivity contribution is 1.11. The maximum atomic E-state index is 4.54. The van der Waals surface area contributed by atoms with Crippen molar-refractivity contribution < 1.29 is 0 Å². The molecule has 2 heteroatoms. The highest BCUT2D eigenvalue weighted by atomic mass is 14.9. The van der Waals surface area contributed by atoms with Crippen LogP contribution in [0.4, 0.5) is 0 Å². The van der Waals surface area contributed by atoms with Gasteiger partial charge in [0.05, 0.1) is 17.4 Å². The molecule has 0 N–H and O–H groups in total. The summed E-state index contributed by atoms with van der Waals surface area (Å²) in [7, 11) is 0. The Hall–Kier alpha value is -2.09. The number of hydrogen-bond donors (Lipinski definition) is 0. The first-order valence-electron chi connectivity index (χ1n) is 5.89. The molecule has 3 rings (SSSR count). The topological polar surface area (TPSA) is 17.3 Å². The summed E-state index contributed by atoms with van der Waals surface area (Å²) >= 11 is 0. The SMILES string of the molecule is CCc1ccccc1-c1cn2cccc2cn1. The molecule has 1 aromatic carbocycles. The highest BCUT2D eigenvalue weighted by Gasteiger charge is 2.04. The molecule has 0 radical (unpaired) electrons. The highest BCUT2D eigenvalue weighted by Crippen LogP contribution is 2.22. The molecule has 2 nitrogen and oxygen atoms in total. The Balaban J connectivity index is 2.19. The Morgan fingerprint density at radius 1 is 1.12 bits per heavy atom. The molecule has 0 aliphatic carbocycles. The van der Waals surface area contributed by atoms with Crippen LogP contribution in [-0.4, -0.2) is 9.38 Å². The quantitative estimate of drug-likeness (QED) is 0.648. The number of hydrogen-bond acceptors (Lipinski definition) is 1. The summed E-state index contributed by atoms with van der Waals surface area (Å²) in [6, 6.07) is 12.5. The molecule has 3 aromatic rings. The lowest BCUT2D eigenvalue weighted by Crippen LogP contribution is -1.92. The summed E-state index contributed by atoms with van der Waals surface area (Å²) in [6.07, 6.45) is 7.09. The van der Waals surface area contributed by atoms with E-state index in [4.69, 9.17) is 0 Å². The third kappa shape index (κ3) is 1.72. The third-order valence-electron chi connectivity index (χ3n) is 3.08. The van der Waals surface area contributed by atoms with Crippen LogP contribution in [0.2, 0.25) is 0 Å². The number of fused-ring (bicyclic) bond motifs is 1. The molecule has 2 heterocycles.